The minimum Gasteiger partial charge on any atom is -0.478 e. The fourth-order valence-electron chi connectivity index (χ4n) is 1.26. The van der Waals surface area contributed by atoms with Crippen molar-refractivity contribution in [3.63, 3.8) is 0 Å². The smallest absolute Gasteiger partial charge is 0.416 e. The molecule has 0 spiro atoms. The summed E-state index contributed by atoms with van der Waals surface area (Å²) in [7, 11) is 0. The third-order valence-corrected chi connectivity index (χ3v) is 2.15. The standard InChI is InChI=1S/C10H10F3NO3/c11-10(12,13)7-2-5(8(14)4-15)1-6(3-7)9(16)17/h1-3,8,15H,4,14H2,(H,16,17)/t8-/m0/s1. The van der Waals surface area contributed by atoms with E-state index in [-0.39, 0.29) is 5.56 Å². The molecule has 0 unspecified atom stereocenters. The van der Waals surface area contributed by atoms with Gasteiger partial charge in [-0.25, -0.2) is 4.79 Å². The molecule has 1 aromatic carbocycles. The van der Waals surface area contributed by atoms with Crippen molar-refractivity contribution in [3.05, 3.63) is 34.9 Å². The normalized spacial score (nSPS) is 13.5. The number of aliphatic hydroxyl groups excluding tert-OH is 1. The molecule has 94 valence electrons. The molecular weight excluding hydrogens is 239 g/mol. The van der Waals surface area contributed by atoms with Crippen LogP contribution in [0.15, 0.2) is 18.2 Å². The van der Waals surface area contributed by atoms with Gasteiger partial charge in [0.2, 0.25) is 0 Å². The lowest BCUT2D eigenvalue weighted by atomic mass is 10.0. The van der Waals surface area contributed by atoms with E-state index in [1.807, 2.05) is 0 Å². The predicted octanol–water partition coefficient (Wildman–Crippen LogP) is 1.40. The molecule has 1 atom stereocenters. The number of benzene rings is 1. The van der Waals surface area contributed by atoms with Gasteiger partial charge in [-0.3, -0.25) is 0 Å². The second-order valence-electron chi connectivity index (χ2n) is 3.44. The Morgan fingerprint density at radius 2 is 1.94 bits per heavy atom. The van der Waals surface area contributed by atoms with E-state index in [1.165, 1.54) is 0 Å². The van der Waals surface area contributed by atoms with Crippen molar-refractivity contribution in [1.82, 2.24) is 0 Å². The van der Waals surface area contributed by atoms with Gasteiger partial charge >= 0.3 is 12.1 Å². The van der Waals surface area contributed by atoms with E-state index in [0.717, 1.165) is 12.1 Å². The summed E-state index contributed by atoms with van der Waals surface area (Å²) in [5.74, 6) is -1.48. The lowest BCUT2D eigenvalue weighted by Gasteiger charge is -2.13. The molecule has 0 aliphatic heterocycles. The van der Waals surface area contributed by atoms with Crippen LogP contribution in [0.5, 0.6) is 0 Å². The van der Waals surface area contributed by atoms with Crippen LogP contribution in [0.3, 0.4) is 0 Å². The van der Waals surface area contributed by atoms with Crippen LogP contribution in [-0.4, -0.2) is 22.8 Å². The summed E-state index contributed by atoms with van der Waals surface area (Å²) < 4.78 is 37.4. The van der Waals surface area contributed by atoms with Crippen molar-refractivity contribution in [2.24, 2.45) is 5.73 Å². The molecule has 0 aliphatic carbocycles. The third kappa shape index (κ3) is 3.18. The average Bonchev–Trinajstić information content (AvgIpc) is 2.26. The number of aromatic carboxylic acids is 1. The fourth-order valence-corrected chi connectivity index (χ4v) is 1.26. The number of halogens is 3. The Morgan fingerprint density at radius 1 is 1.35 bits per heavy atom. The molecule has 4 nitrogen and oxygen atoms in total. The summed E-state index contributed by atoms with van der Waals surface area (Å²) in [5, 5.41) is 17.4. The zero-order valence-electron chi connectivity index (χ0n) is 8.53. The first-order valence-corrected chi connectivity index (χ1v) is 4.57. The summed E-state index contributed by atoms with van der Waals surface area (Å²) in [6.45, 7) is -0.569. The van der Waals surface area contributed by atoms with E-state index >= 15 is 0 Å². The molecule has 0 fully saturated rings. The molecule has 7 heteroatoms. The Hall–Kier alpha value is -1.60. The van der Waals surface area contributed by atoms with Crippen LogP contribution in [-0.2, 0) is 6.18 Å². The van der Waals surface area contributed by atoms with Crippen LogP contribution in [0, 0.1) is 0 Å². The molecule has 0 bridgehead atoms. The van der Waals surface area contributed by atoms with Gasteiger partial charge in [0.05, 0.1) is 23.8 Å². The van der Waals surface area contributed by atoms with E-state index in [1.54, 1.807) is 0 Å². The van der Waals surface area contributed by atoms with Gasteiger partial charge in [-0.2, -0.15) is 13.2 Å². The molecule has 0 saturated heterocycles. The van der Waals surface area contributed by atoms with Crippen LogP contribution < -0.4 is 5.73 Å². The number of rotatable bonds is 3. The van der Waals surface area contributed by atoms with Crippen molar-refractivity contribution in [3.8, 4) is 0 Å². The van der Waals surface area contributed by atoms with E-state index in [4.69, 9.17) is 15.9 Å². The van der Waals surface area contributed by atoms with Crippen molar-refractivity contribution < 1.29 is 28.2 Å². The van der Waals surface area contributed by atoms with Crippen molar-refractivity contribution in [2.45, 2.75) is 12.2 Å². The maximum atomic E-state index is 12.5. The van der Waals surface area contributed by atoms with Gasteiger partial charge in [0.25, 0.3) is 0 Å². The number of aliphatic hydroxyl groups is 1. The molecule has 0 amide bonds. The molecule has 1 aromatic rings. The summed E-state index contributed by atoms with van der Waals surface area (Å²) in [5.41, 5.74) is 3.68. The Morgan fingerprint density at radius 3 is 2.35 bits per heavy atom. The highest BCUT2D eigenvalue weighted by molar-refractivity contribution is 5.88. The molecule has 17 heavy (non-hydrogen) atoms. The number of alkyl halides is 3. The first-order valence-electron chi connectivity index (χ1n) is 4.57. The molecule has 0 heterocycles. The Labute approximate surface area is 94.5 Å². The maximum Gasteiger partial charge on any atom is 0.416 e. The second-order valence-corrected chi connectivity index (χ2v) is 3.44. The summed E-state index contributed by atoms with van der Waals surface area (Å²) in [6, 6.07) is 1.22. The van der Waals surface area contributed by atoms with Gasteiger partial charge in [-0.15, -0.1) is 0 Å². The topological polar surface area (TPSA) is 83.5 Å². The summed E-state index contributed by atoms with van der Waals surface area (Å²) in [4.78, 5) is 10.7. The second kappa shape index (κ2) is 4.72. The zero-order chi connectivity index (χ0) is 13.2. The lowest BCUT2D eigenvalue weighted by molar-refractivity contribution is -0.137. The maximum absolute atomic E-state index is 12.5. The third-order valence-electron chi connectivity index (χ3n) is 2.15. The highest BCUT2D eigenvalue weighted by atomic mass is 19.4. The van der Waals surface area contributed by atoms with Crippen LogP contribution >= 0.6 is 0 Å². The van der Waals surface area contributed by atoms with Crippen LogP contribution in [0.25, 0.3) is 0 Å². The van der Waals surface area contributed by atoms with E-state index in [0.29, 0.717) is 6.07 Å². The van der Waals surface area contributed by atoms with Crippen LogP contribution in [0.1, 0.15) is 27.5 Å². The van der Waals surface area contributed by atoms with Gasteiger partial charge in [0.1, 0.15) is 0 Å². The quantitative estimate of drug-likeness (QED) is 0.756. The largest absolute Gasteiger partial charge is 0.478 e. The number of carboxylic acids is 1. The van der Waals surface area contributed by atoms with Crippen molar-refractivity contribution in [1.29, 1.82) is 0 Å². The SMILES string of the molecule is N[C@@H](CO)c1cc(C(=O)O)cc(C(F)(F)F)c1. The Kier molecular flexibility index (Phi) is 3.74. The minimum atomic E-state index is -4.66. The van der Waals surface area contributed by atoms with Gasteiger partial charge < -0.3 is 15.9 Å². The minimum absolute atomic E-state index is 0.0697. The monoisotopic (exact) mass is 249 g/mol. The first-order chi connectivity index (χ1) is 7.75. The molecule has 0 saturated carbocycles. The molecule has 0 aliphatic rings. The number of hydrogen-bond donors (Lipinski definition) is 3. The van der Waals surface area contributed by atoms with Crippen molar-refractivity contribution in [2.75, 3.05) is 6.61 Å². The number of carbonyl (C=O) groups is 1. The molecule has 0 radical (unpaired) electrons. The van der Waals surface area contributed by atoms with Gasteiger partial charge in [-0.1, -0.05) is 0 Å². The highest BCUT2D eigenvalue weighted by Gasteiger charge is 2.32. The Balaban J connectivity index is 3.34. The fraction of sp³-hybridized carbons (Fsp3) is 0.300. The molecule has 1 rings (SSSR count). The lowest BCUT2D eigenvalue weighted by Crippen LogP contribution is -2.17. The van der Waals surface area contributed by atoms with E-state index < -0.39 is 35.9 Å². The van der Waals surface area contributed by atoms with Crippen molar-refractivity contribution >= 4 is 5.97 Å². The van der Waals surface area contributed by atoms with Crippen LogP contribution in [0.4, 0.5) is 13.2 Å². The summed E-state index contributed by atoms with van der Waals surface area (Å²) in [6.07, 6.45) is -4.66. The highest BCUT2D eigenvalue weighted by Crippen LogP contribution is 2.31. The Bertz CT molecular complexity index is 431. The molecular formula is C10H10F3NO3. The molecule has 0 aromatic heterocycles. The van der Waals surface area contributed by atoms with Gasteiger partial charge in [0.15, 0.2) is 0 Å². The average molecular weight is 249 g/mol. The first kappa shape index (κ1) is 13.5. The van der Waals surface area contributed by atoms with E-state index in [2.05, 4.69) is 0 Å². The number of hydrogen-bond acceptors (Lipinski definition) is 3. The van der Waals surface area contributed by atoms with E-state index in [9.17, 15) is 18.0 Å². The predicted molar refractivity (Wildman–Crippen MR) is 52.4 cm³/mol. The number of carboxylic acid groups (broad SMARTS) is 1. The number of nitrogens with two attached hydrogens (primary N) is 1. The van der Waals surface area contributed by atoms with Gasteiger partial charge in [-0.05, 0) is 23.8 Å². The molecule has 4 N–H and O–H groups in total. The zero-order valence-corrected chi connectivity index (χ0v) is 8.53. The summed E-state index contributed by atoms with van der Waals surface area (Å²) >= 11 is 0. The van der Waals surface area contributed by atoms with Crippen LogP contribution in [0.2, 0.25) is 0 Å². The van der Waals surface area contributed by atoms with Gasteiger partial charge in [0, 0.05) is 0 Å².